The van der Waals surface area contributed by atoms with Gasteiger partial charge in [0.1, 0.15) is 0 Å². The Kier molecular flexibility index (Phi) is 6.90. The molecule has 1 rings (SSSR count). The van der Waals surface area contributed by atoms with Crippen molar-refractivity contribution >= 4 is 0 Å². The van der Waals surface area contributed by atoms with Gasteiger partial charge in [-0.15, -0.1) is 0 Å². The van der Waals surface area contributed by atoms with Gasteiger partial charge in [-0.2, -0.15) is 5.10 Å². The Morgan fingerprint density at radius 1 is 1.19 bits per heavy atom. The zero-order valence-corrected chi connectivity index (χ0v) is 10.7. The van der Waals surface area contributed by atoms with Crippen LogP contribution in [0.4, 0.5) is 0 Å². The van der Waals surface area contributed by atoms with E-state index in [2.05, 4.69) is 35.0 Å². The second kappa shape index (κ2) is 8.34. The quantitative estimate of drug-likeness (QED) is 0.652. The standard InChI is InChI=1S/C13H25N3/c1-3-5-6-7-11-16-13(8-10-15-16)12-14-9-4-2/h8,10,14H,3-7,9,11-12H2,1-2H3. The summed E-state index contributed by atoms with van der Waals surface area (Å²) in [6.45, 7) is 7.53. The van der Waals surface area contributed by atoms with Crippen molar-refractivity contribution in [1.82, 2.24) is 15.1 Å². The molecule has 0 aliphatic carbocycles. The van der Waals surface area contributed by atoms with E-state index >= 15 is 0 Å². The summed E-state index contributed by atoms with van der Waals surface area (Å²) in [5.41, 5.74) is 1.31. The molecule has 0 saturated carbocycles. The lowest BCUT2D eigenvalue weighted by molar-refractivity contribution is 0.511. The van der Waals surface area contributed by atoms with Crippen LogP contribution in [0.3, 0.4) is 0 Å². The van der Waals surface area contributed by atoms with E-state index in [1.54, 1.807) is 0 Å². The Morgan fingerprint density at radius 2 is 2.06 bits per heavy atom. The molecule has 3 nitrogen and oxygen atoms in total. The molecule has 1 heterocycles. The third kappa shape index (κ3) is 4.79. The minimum Gasteiger partial charge on any atom is -0.311 e. The molecule has 0 fully saturated rings. The average Bonchev–Trinajstić information content (AvgIpc) is 2.73. The fourth-order valence-electron chi connectivity index (χ4n) is 1.79. The van der Waals surface area contributed by atoms with Crippen LogP contribution < -0.4 is 5.32 Å². The second-order valence-corrected chi connectivity index (χ2v) is 4.28. The number of aromatic nitrogens is 2. The Hall–Kier alpha value is -0.830. The van der Waals surface area contributed by atoms with Crippen LogP contribution in [0.1, 0.15) is 51.6 Å². The number of unbranched alkanes of at least 4 members (excludes halogenated alkanes) is 3. The molecule has 16 heavy (non-hydrogen) atoms. The van der Waals surface area contributed by atoms with Gasteiger partial charge in [-0.1, -0.05) is 33.1 Å². The molecule has 0 amide bonds. The van der Waals surface area contributed by atoms with Crippen molar-refractivity contribution in [3.63, 3.8) is 0 Å². The number of nitrogens with one attached hydrogen (secondary N) is 1. The highest BCUT2D eigenvalue weighted by Gasteiger charge is 2.00. The molecule has 1 N–H and O–H groups in total. The number of aryl methyl sites for hydroxylation is 1. The van der Waals surface area contributed by atoms with Crippen LogP contribution in [-0.4, -0.2) is 16.3 Å². The van der Waals surface area contributed by atoms with Gasteiger partial charge in [-0.05, 0) is 25.5 Å². The molecular weight excluding hydrogens is 198 g/mol. The van der Waals surface area contributed by atoms with Gasteiger partial charge in [0.05, 0.1) is 5.69 Å². The maximum Gasteiger partial charge on any atom is 0.0522 e. The first-order valence-corrected chi connectivity index (χ1v) is 6.59. The predicted molar refractivity (Wildman–Crippen MR) is 68.4 cm³/mol. The van der Waals surface area contributed by atoms with Crippen molar-refractivity contribution in [3.8, 4) is 0 Å². The van der Waals surface area contributed by atoms with Gasteiger partial charge in [-0.25, -0.2) is 0 Å². The molecule has 3 heteroatoms. The fourth-order valence-corrected chi connectivity index (χ4v) is 1.79. The summed E-state index contributed by atoms with van der Waals surface area (Å²) in [6, 6.07) is 2.11. The van der Waals surface area contributed by atoms with E-state index in [0.717, 1.165) is 19.6 Å². The van der Waals surface area contributed by atoms with Crippen LogP contribution in [0, 0.1) is 0 Å². The predicted octanol–water partition coefficient (Wildman–Crippen LogP) is 2.96. The van der Waals surface area contributed by atoms with Crippen molar-refractivity contribution in [3.05, 3.63) is 18.0 Å². The van der Waals surface area contributed by atoms with Gasteiger partial charge in [-0.3, -0.25) is 4.68 Å². The third-order valence-corrected chi connectivity index (χ3v) is 2.76. The van der Waals surface area contributed by atoms with E-state index in [1.165, 1.54) is 37.8 Å². The minimum absolute atomic E-state index is 0.946. The summed E-state index contributed by atoms with van der Waals surface area (Å²) in [5, 5.41) is 7.79. The van der Waals surface area contributed by atoms with E-state index in [0.29, 0.717) is 0 Å². The molecule has 0 saturated heterocycles. The lowest BCUT2D eigenvalue weighted by Gasteiger charge is -2.08. The lowest BCUT2D eigenvalue weighted by atomic mass is 10.2. The zero-order chi connectivity index (χ0) is 11.6. The molecule has 0 aliphatic heterocycles. The Labute approximate surface area is 99.2 Å². The Morgan fingerprint density at radius 3 is 2.81 bits per heavy atom. The van der Waals surface area contributed by atoms with Gasteiger partial charge in [0.25, 0.3) is 0 Å². The summed E-state index contributed by atoms with van der Waals surface area (Å²) in [7, 11) is 0. The molecule has 92 valence electrons. The van der Waals surface area contributed by atoms with Crippen LogP contribution in [0.25, 0.3) is 0 Å². The van der Waals surface area contributed by atoms with E-state index in [4.69, 9.17) is 0 Å². The summed E-state index contributed by atoms with van der Waals surface area (Å²) in [6.07, 6.45) is 8.29. The maximum absolute atomic E-state index is 4.37. The number of hydrogen-bond donors (Lipinski definition) is 1. The van der Waals surface area contributed by atoms with Crippen LogP contribution in [0.15, 0.2) is 12.3 Å². The van der Waals surface area contributed by atoms with Crippen LogP contribution >= 0.6 is 0 Å². The van der Waals surface area contributed by atoms with Crippen LogP contribution in [0.5, 0.6) is 0 Å². The molecule has 0 unspecified atom stereocenters. The van der Waals surface area contributed by atoms with Gasteiger partial charge < -0.3 is 5.32 Å². The third-order valence-electron chi connectivity index (χ3n) is 2.76. The molecule has 0 atom stereocenters. The van der Waals surface area contributed by atoms with Crippen molar-refractivity contribution in [2.24, 2.45) is 0 Å². The van der Waals surface area contributed by atoms with Crippen molar-refractivity contribution < 1.29 is 0 Å². The lowest BCUT2D eigenvalue weighted by Crippen LogP contribution is -2.17. The smallest absolute Gasteiger partial charge is 0.0522 e. The van der Waals surface area contributed by atoms with Gasteiger partial charge >= 0.3 is 0 Å². The first-order valence-electron chi connectivity index (χ1n) is 6.59. The summed E-state index contributed by atoms with van der Waals surface area (Å²) < 4.78 is 2.14. The first kappa shape index (κ1) is 13.2. The summed E-state index contributed by atoms with van der Waals surface area (Å²) in [4.78, 5) is 0. The van der Waals surface area contributed by atoms with Crippen molar-refractivity contribution in [2.75, 3.05) is 6.54 Å². The molecular formula is C13H25N3. The molecule has 1 aromatic heterocycles. The van der Waals surface area contributed by atoms with Crippen molar-refractivity contribution in [1.29, 1.82) is 0 Å². The zero-order valence-electron chi connectivity index (χ0n) is 10.7. The summed E-state index contributed by atoms with van der Waals surface area (Å²) >= 11 is 0. The number of rotatable bonds is 9. The highest BCUT2D eigenvalue weighted by atomic mass is 15.3. The maximum atomic E-state index is 4.37. The van der Waals surface area contributed by atoms with Gasteiger partial charge in [0, 0.05) is 19.3 Å². The monoisotopic (exact) mass is 223 g/mol. The molecule has 0 bridgehead atoms. The SMILES string of the molecule is CCCCCCn1nccc1CNCCC. The summed E-state index contributed by atoms with van der Waals surface area (Å²) in [5.74, 6) is 0. The van der Waals surface area contributed by atoms with Crippen molar-refractivity contribution in [2.45, 2.75) is 59.0 Å². The highest BCUT2D eigenvalue weighted by molar-refractivity contribution is 4.99. The van der Waals surface area contributed by atoms with Gasteiger partial charge in [0.15, 0.2) is 0 Å². The normalized spacial score (nSPS) is 10.9. The minimum atomic E-state index is 0.946. The Bertz CT molecular complexity index is 268. The first-order chi connectivity index (χ1) is 7.88. The fraction of sp³-hybridized carbons (Fsp3) is 0.769. The topological polar surface area (TPSA) is 29.9 Å². The van der Waals surface area contributed by atoms with E-state index < -0.39 is 0 Å². The Balaban J connectivity index is 2.26. The van der Waals surface area contributed by atoms with E-state index in [9.17, 15) is 0 Å². The van der Waals surface area contributed by atoms with Crippen LogP contribution in [-0.2, 0) is 13.1 Å². The molecule has 0 aromatic carbocycles. The van der Waals surface area contributed by atoms with E-state index in [-0.39, 0.29) is 0 Å². The highest BCUT2D eigenvalue weighted by Crippen LogP contribution is 2.04. The van der Waals surface area contributed by atoms with E-state index in [1.807, 2.05) is 6.20 Å². The molecule has 0 radical (unpaired) electrons. The van der Waals surface area contributed by atoms with Gasteiger partial charge in [0.2, 0.25) is 0 Å². The largest absolute Gasteiger partial charge is 0.311 e. The molecule has 0 spiro atoms. The number of hydrogen-bond acceptors (Lipinski definition) is 2. The number of nitrogens with zero attached hydrogens (tertiary/aromatic N) is 2. The average molecular weight is 223 g/mol. The second-order valence-electron chi connectivity index (χ2n) is 4.28. The molecule has 1 aromatic rings. The molecule has 0 aliphatic rings. The van der Waals surface area contributed by atoms with Crippen LogP contribution in [0.2, 0.25) is 0 Å².